The number of amides is 2. The van der Waals surface area contributed by atoms with Gasteiger partial charge in [-0.1, -0.05) is 36.4 Å². The molecule has 0 radical (unpaired) electrons. The lowest BCUT2D eigenvalue weighted by Crippen LogP contribution is -2.36. The maximum absolute atomic E-state index is 12.2. The van der Waals surface area contributed by atoms with E-state index >= 15 is 0 Å². The molecule has 2 N–H and O–H groups in total. The standard InChI is InChI=1S/C29H28N4O3/c34-28(24-8-3-1-4-9-24)30-26-12-17-32(18-13-26)16-7-22-36-23-21-33-19-14-27(15-20-33)31-29(35)25-10-5-2-6-11-25/h1-6,8-15,17-20H,7,16,21-23H2/p+2. The normalized spacial score (nSPS) is 10.6. The molecule has 0 aliphatic carbocycles. The Morgan fingerprint density at radius 1 is 0.583 bits per heavy atom. The highest BCUT2D eigenvalue weighted by Gasteiger charge is 2.08. The Hall–Kier alpha value is -4.36. The van der Waals surface area contributed by atoms with Gasteiger partial charge in [0.25, 0.3) is 11.8 Å². The minimum atomic E-state index is -0.124. The minimum Gasteiger partial charge on any atom is -0.375 e. The van der Waals surface area contributed by atoms with Crippen LogP contribution in [-0.2, 0) is 17.8 Å². The summed E-state index contributed by atoms with van der Waals surface area (Å²) in [6.07, 6.45) is 8.65. The molecule has 0 bridgehead atoms. The zero-order valence-corrected chi connectivity index (χ0v) is 20.0. The van der Waals surface area contributed by atoms with Crippen molar-refractivity contribution in [2.45, 2.75) is 19.5 Å². The van der Waals surface area contributed by atoms with Crippen molar-refractivity contribution in [2.75, 3.05) is 23.8 Å². The molecule has 182 valence electrons. The van der Waals surface area contributed by atoms with E-state index in [9.17, 15) is 9.59 Å². The van der Waals surface area contributed by atoms with Gasteiger partial charge >= 0.3 is 0 Å². The lowest BCUT2D eigenvalue weighted by molar-refractivity contribution is -0.700. The smallest absolute Gasteiger partial charge is 0.255 e. The van der Waals surface area contributed by atoms with Crippen molar-refractivity contribution in [1.82, 2.24) is 0 Å². The van der Waals surface area contributed by atoms with Crippen LogP contribution in [0.1, 0.15) is 27.1 Å². The van der Waals surface area contributed by atoms with Gasteiger partial charge in [0.05, 0.1) is 18.0 Å². The van der Waals surface area contributed by atoms with E-state index in [1.165, 1.54) is 0 Å². The molecule has 0 saturated heterocycles. The van der Waals surface area contributed by atoms with Crippen LogP contribution in [0, 0.1) is 0 Å². The summed E-state index contributed by atoms with van der Waals surface area (Å²) in [7, 11) is 0. The van der Waals surface area contributed by atoms with Gasteiger partial charge in [-0.3, -0.25) is 9.59 Å². The second-order valence-corrected chi connectivity index (χ2v) is 8.26. The topological polar surface area (TPSA) is 75.2 Å². The van der Waals surface area contributed by atoms with Gasteiger partial charge in [-0.25, -0.2) is 9.13 Å². The highest BCUT2D eigenvalue weighted by molar-refractivity contribution is 6.04. The lowest BCUT2D eigenvalue weighted by atomic mass is 10.2. The molecule has 4 aromatic rings. The zero-order valence-electron chi connectivity index (χ0n) is 20.0. The second kappa shape index (κ2) is 12.9. The summed E-state index contributed by atoms with van der Waals surface area (Å²) in [5, 5.41) is 5.80. The summed E-state index contributed by atoms with van der Waals surface area (Å²) >= 11 is 0. The van der Waals surface area contributed by atoms with Crippen LogP contribution in [-0.4, -0.2) is 25.0 Å². The molecule has 0 aliphatic rings. The summed E-state index contributed by atoms with van der Waals surface area (Å²) in [4.78, 5) is 24.5. The van der Waals surface area contributed by atoms with E-state index in [-0.39, 0.29) is 11.8 Å². The molecule has 2 aromatic heterocycles. The number of aromatic nitrogens is 2. The summed E-state index contributed by atoms with van der Waals surface area (Å²) < 4.78 is 9.87. The molecule has 2 amide bonds. The Bertz CT molecular complexity index is 1140. The van der Waals surface area contributed by atoms with Crippen molar-refractivity contribution < 1.29 is 23.5 Å². The number of rotatable bonds is 11. The van der Waals surface area contributed by atoms with Crippen molar-refractivity contribution in [3.8, 4) is 0 Å². The van der Waals surface area contributed by atoms with Crippen LogP contribution >= 0.6 is 0 Å². The number of nitrogens with zero attached hydrogens (tertiary/aromatic N) is 2. The molecule has 7 nitrogen and oxygen atoms in total. The fourth-order valence-corrected chi connectivity index (χ4v) is 3.59. The molecule has 7 heteroatoms. The Labute approximate surface area is 211 Å². The Morgan fingerprint density at radius 2 is 1.03 bits per heavy atom. The molecule has 36 heavy (non-hydrogen) atoms. The number of hydrogen-bond donors (Lipinski definition) is 2. The van der Waals surface area contributed by atoms with Crippen LogP contribution < -0.4 is 19.8 Å². The van der Waals surface area contributed by atoms with Gasteiger partial charge in [0, 0.05) is 41.8 Å². The maximum Gasteiger partial charge on any atom is 0.255 e. The first-order valence-corrected chi connectivity index (χ1v) is 12.0. The van der Waals surface area contributed by atoms with Crippen LogP contribution in [0.3, 0.4) is 0 Å². The zero-order chi connectivity index (χ0) is 25.0. The summed E-state index contributed by atoms with van der Waals surface area (Å²) in [5.74, 6) is -0.243. The van der Waals surface area contributed by atoms with E-state index in [0.717, 1.165) is 30.9 Å². The van der Waals surface area contributed by atoms with Crippen LogP contribution in [0.5, 0.6) is 0 Å². The van der Waals surface area contributed by atoms with Crippen molar-refractivity contribution >= 4 is 23.2 Å². The second-order valence-electron chi connectivity index (χ2n) is 8.26. The van der Waals surface area contributed by atoms with Crippen LogP contribution in [0.2, 0.25) is 0 Å². The average molecular weight is 483 g/mol. The number of benzene rings is 2. The van der Waals surface area contributed by atoms with Crippen molar-refractivity contribution in [2.24, 2.45) is 0 Å². The van der Waals surface area contributed by atoms with Gasteiger partial charge in [0.1, 0.15) is 6.61 Å². The minimum absolute atomic E-state index is 0.119. The molecule has 0 saturated carbocycles. The molecule has 0 fully saturated rings. The highest BCUT2D eigenvalue weighted by atomic mass is 16.5. The summed E-state index contributed by atoms with van der Waals surface area (Å²) in [6, 6.07) is 25.9. The number of anilines is 2. The van der Waals surface area contributed by atoms with Gasteiger partial charge in [0.15, 0.2) is 37.9 Å². The number of nitrogens with one attached hydrogen (secondary N) is 2. The van der Waals surface area contributed by atoms with E-state index in [4.69, 9.17) is 4.74 Å². The Morgan fingerprint density at radius 3 is 1.50 bits per heavy atom. The van der Waals surface area contributed by atoms with E-state index < -0.39 is 0 Å². The van der Waals surface area contributed by atoms with Gasteiger partial charge in [-0.15, -0.1) is 0 Å². The number of hydrogen-bond acceptors (Lipinski definition) is 3. The first-order chi connectivity index (χ1) is 17.7. The predicted octanol–water partition coefficient (Wildman–Crippen LogP) is 3.87. The quantitative estimate of drug-likeness (QED) is 0.252. The molecular weight excluding hydrogens is 452 g/mol. The molecule has 4 rings (SSSR count). The van der Waals surface area contributed by atoms with Crippen molar-refractivity contribution in [3.63, 3.8) is 0 Å². The van der Waals surface area contributed by atoms with E-state index in [0.29, 0.717) is 24.3 Å². The molecular formula is C29H30N4O3+2. The lowest BCUT2D eigenvalue weighted by Gasteiger charge is -2.05. The fraction of sp³-hybridized carbons (Fsp3) is 0.172. The van der Waals surface area contributed by atoms with Crippen molar-refractivity contribution in [1.29, 1.82) is 0 Å². The Kier molecular flexibility index (Phi) is 8.89. The first-order valence-electron chi connectivity index (χ1n) is 12.0. The number of ether oxygens (including phenoxy) is 1. The van der Waals surface area contributed by atoms with Gasteiger partial charge in [-0.05, 0) is 24.3 Å². The van der Waals surface area contributed by atoms with E-state index in [1.54, 1.807) is 24.3 Å². The van der Waals surface area contributed by atoms with Gasteiger partial charge in [-0.2, -0.15) is 0 Å². The monoisotopic (exact) mass is 482 g/mol. The Balaban J connectivity index is 1.11. The van der Waals surface area contributed by atoms with Gasteiger partial charge in [0.2, 0.25) is 0 Å². The summed E-state index contributed by atoms with van der Waals surface area (Å²) in [5.41, 5.74) is 2.78. The maximum atomic E-state index is 12.2. The molecule has 0 aliphatic heterocycles. The van der Waals surface area contributed by atoms with E-state index in [1.807, 2.05) is 90.0 Å². The van der Waals surface area contributed by atoms with Crippen LogP contribution in [0.15, 0.2) is 110 Å². The first kappa shape index (κ1) is 24.8. The SMILES string of the molecule is O=C(Nc1cc[n+](CCCOCC[n+]2ccc(NC(=O)c3ccccc3)cc2)cc1)c1ccccc1. The molecule has 2 aromatic carbocycles. The third-order valence-corrected chi connectivity index (χ3v) is 5.57. The third kappa shape index (κ3) is 7.58. The molecule has 2 heterocycles. The average Bonchev–Trinajstić information content (AvgIpc) is 2.93. The number of carbonyl (C=O) groups excluding carboxylic acids is 2. The van der Waals surface area contributed by atoms with Crippen LogP contribution in [0.4, 0.5) is 11.4 Å². The largest absolute Gasteiger partial charge is 0.375 e. The van der Waals surface area contributed by atoms with Gasteiger partial charge < -0.3 is 15.4 Å². The number of aryl methyl sites for hydroxylation is 1. The number of carbonyl (C=O) groups is 2. The third-order valence-electron chi connectivity index (χ3n) is 5.57. The van der Waals surface area contributed by atoms with E-state index in [2.05, 4.69) is 15.2 Å². The molecule has 0 unspecified atom stereocenters. The fourth-order valence-electron chi connectivity index (χ4n) is 3.59. The molecule has 0 atom stereocenters. The van der Waals surface area contributed by atoms with Crippen LogP contribution in [0.25, 0.3) is 0 Å². The predicted molar refractivity (Wildman–Crippen MR) is 138 cm³/mol. The molecule has 0 spiro atoms. The highest BCUT2D eigenvalue weighted by Crippen LogP contribution is 2.08. The number of pyridine rings is 2. The van der Waals surface area contributed by atoms with Crippen molar-refractivity contribution in [3.05, 3.63) is 121 Å². The summed E-state index contributed by atoms with van der Waals surface area (Å²) in [6.45, 7) is 2.83.